The van der Waals surface area contributed by atoms with Gasteiger partial charge in [0.15, 0.2) is 4.80 Å². The van der Waals surface area contributed by atoms with Gasteiger partial charge in [0.2, 0.25) is 0 Å². The van der Waals surface area contributed by atoms with E-state index in [1.165, 1.54) is 22.7 Å². The van der Waals surface area contributed by atoms with E-state index >= 15 is 0 Å². The summed E-state index contributed by atoms with van der Waals surface area (Å²) in [5.74, 6) is -0.474. The van der Waals surface area contributed by atoms with Crippen LogP contribution in [0.2, 0.25) is 10.0 Å². The van der Waals surface area contributed by atoms with Crippen molar-refractivity contribution in [3.63, 3.8) is 0 Å². The Morgan fingerprint density at radius 3 is 2.55 bits per heavy atom. The second-order valence-electron chi connectivity index (χ2n) is 7.19. The number of carbonyl (C=O) groups is 1. The molecule has 0 saturated heterocycles. The smallest absolute Gasteiger partial charge is 0.338 e. The predicted molar refractivity (Wildman–Crippen MR) is 126 cm³/mol. The van der Waals surface area contributed by atoms with Crippen LogP contribution in [0, 0.1) is 0 Å². The lowest BCUT2D eigenvalue weighted by Crippen LogP contribution is -2.39. The van der Waals surface area contributed by atoms with Crippen LogP contribution in [0.25, 0.3) is 6.08 Å². The fraction of sp³-hybridized carbons (Fsp3) is 0.227. The molecule has 2 aromatic heterocycles. The molecular formula is C22H18Cl2N2O3S2. The summed E-state index contributed by atoms with van der Waals surface area (Å²) in [6.45, 7) is 5.34. The molecule has 0 radical (unpaired) electrons. The van der Waals surface area contributed by atoms with Gasteiger partial charge in [0.1, 0.15) is 6.04 Å². The first-order valence-corrected chi connectivity index (χ1v) is 11.9. The molecule has 0 fully saturated rings. The van der Waals surface area contributed by atoms with E-state index in [1.807, 2.05) is 17.5 Å². The molecule has 3 heterocycles. The highest BCUT2D eigenvalue weighted by Crippen LogP contribution is 2.33. The SMILES string of the molecule is CC1=C(C(=O)OC(C)C)C(c2cccs2)n2c(sc(=Cc3c(Cl)cccc3Cl)c2=O)=N1. The van der Waals surface area contributed by atoms with Crippen LogP contribution in [-0.2, 0) is 9.53 Å². The van der Waals surface area contributed by atoms with Gasteiger partial charge in [0.25, 0.3) is 5.56 Å². The van der Waals surface area contributed by atoms with Gasteiger partial charge in [-0.15, -0.1) is 11.3 Å². The van der Waals surface area contributed by atoms with Gasteiger partial charge in [0, 0.05) is 20.5 Å². The first-order valence-electron chi connectivity index (χ1n) is 9.49. The van der Waals surface area contributed by atoms with Gasteiger partial charge in [-0.3, -0.25) is 9.36 Å². The molecule has 0 bridgehead atoms. The van der Waals surface area contributed by atoms with Gasteiger partial charge in [-0.1, -0.05) is 46.7 Å². The van der Waals surface area contributed by atoms with Gasteiger partial charge in [-0.25, -0.2) is 9.79 Å². The zero-order valence-electron chi connectivity index (χ0n) is 16.9. The Morgan fingerprint density at radius 2 is 1.94 bits per heavy atom. The highest BCUT2D eigenvalue weighted by Gasteiger charge is 2.34. The van der Waals surface area contributed by atoms with E-state index in [1.54, 1.807) is 49.6 Å². The van der Waals surface area contributed by atoms with Crippen molar-refractivity contribution in [3.05, 3.63) is 87.2 Å². The molecule has 1 atom stereocenters. The van der Waals surface area contributed by atoms with Gasteiger partial charge in [-0.05, 0) is 50.4 Å². The number of hydrogen-bond acceptors (Lipinski definition) is 6. The second-order valence-corrected chi connectivity index (χ2v) is 9.99. The van der Waals surface area contributed by atoms with E-state index in [2.05, 4.69) is 4.99 Å². The molecule has 0 amide bonds. The maximum atomic E-state index is 13.5. The third-order valence-electron chi connectivity index (χ3n) is 4.67. The fourth-order valence-corrected chi connectivity index (χ4v) is 5.71. The monoisotopic (exact) mass is 492 g/mol. The number of thiazole rings is 1. The molecule has 1 unspecified atom stereocenters. The molecule has 0 N–H and O–H groups in total. The second kappa shape index (κ2) is 8.74. The first-order chi connectivity index (χ1) is 14.8. The quantitative estimate of drug-likeness (QED) is 0.501. The van der Waals surface area contributed by atoms with Crippen molar-refractivity contribution in [3.8, 4) is 0 Å². The number of thiophene rings is 1. The zero-order valence-corrected chi connectivity index (χ0v) is 20.0. The molecule has 4 rings (SSSR count). The molecule has 3 aromatic rings. The molecule has 5 nitrogen and oxygen atoms in total. The van der Waals surface area contributed by atoms with E-state index < -0.39 is 12.0 Å². The average Bonchev–Trinajstić information content (AvgIpc) is 3.32. The maximum absolute atomic E-state index is 13.5. The summed E-state index contributed by atoms with van der Waals surface area (Å²) in [6.07, 6.45) is 1.38. The van der Waals surface area contributed by atoms with Crippen molar-refractivity contribution in [2.75, 3.05) is 0 Å². The topological polar surface area (TPSA) is 60.7 Å². The molecule has 0 spiro atoms. The van der Waals surface area contributed by atoms with Crippen LogP contribution in [0.3, 0.4) is 0 Å². The minimum atomic E-state index is -0.605. The predicted octanol–water partition coefficient (Wildman–Crippen LogP) is 4.56. The molecule has 0 aliphatic carbocycles. The molecule has 1 aliphatic heterocycles. The van der Waals surface area contributed by atoms with E-state index in [-0.39, 0.29) is 11.7 Å². The van der Waals surface area contributed by atoms with E-state index in [4.69, 9.17) is 27.9 Å². The maximum Gasteiger partial charge on any atom is 0.338 e. The van der Waals surface area contributed by atoms with Gasteiger partial charge in [0.05, 0.1) is 21.9 Å². The number of rotatable bonds is 4. The Morgan fingerprint density at radius 1 is 1.23 bits per heavy atom. The Bertz CT molecular complexity index is 1350. The lowest BCUT2D eigenvalue weighted by atomic mass is 10.0. The van der Waals surface area contributed by atoms with Crippen LogP contribution in [0.5, 0.6) is 0 Å². The number of ether oxygens (including phenoxy) is 1. The molecule has 31 heavy (non-hydrogen) atoms. The van der Waals surface area contributed by atoms with Gasteiger partial charge >= 0.3 is 5.97 Å². The van der Waals surface area contributed by atoms with Crippen molar-refractivity contribution >= 4 is 57.9 Å². The van der Waals surface area contributed by atoms with Crippen LogP contribution in [0.15, 0.2) is 56.8 Å². The fourth-order valence-electron chi connectivity index (χ4n) is 3.36. The number of nitrogens with zero attached hydrogens (tertiary/aromatic N) is 2. The number of allylic oxidation sites excluding steroid dienone is 1. The van der Waals surface area contributed by atoms with E-state index in [0.717, 1.165) is 4.88 Å². The zero-order chi connectivity index (χ0) is 22.3. The number of esters is 1. The van der Waals surface area contributed by atoms with Crippen molar-refractivity contribution in [1.82, 2.24) is 4.57 Å². The van der Waals surface area contributed by atoms with Crippen LogP contribution >= 0.6 is 45.9 Å². The summed E-state index contributed by atoms with van der Waals surface area (Å²) < 4.78 is 7.45. The van der Waals surface area contributed by atoms with Crippen molar-refractivity contribution in [2.45, 2.75) is 32.9 Å². The molecule has 0 saturated carbocycles. The Labute approximate surface area is 196 Å². The minimum Gasteiger partial charge on any atom is -0.459 e. The summed E-state index contributed by atoms with van der Waals surface area (Å²) in [5, 5.41) is 2.81. The molecule has 9 heteroatoms. The third kappa shape index (κ3) is 4.15. The van der Waals surface area contributed by atoms with Crippen molar-refractivity contribution < 1.29 is 9.53 Å². The number of benzene rings is 1. The number of fused-ring (bicyclic) bond motifs is 1. The van der Waals surface area contributed by atoms with Gasteiger partial charge in [-0.2, -0.15) is 0 Å². The normalized spacial score (nSPS) is 16.5. The average molecular weight is 493 g/mol. The summed E-state index contributed by atoms with van der Waals surface area (Å²) >= 11 is 15.3. The Balaban J connectivity index is 1.96. The number of hydrogen-bond donors (Lipinski definition) is 0. The number of halogens is 2. The first kappa shape index (κ1) is 22.0. The lowest BCUT2D eigenvalue weighted by Gasteiger charge is -2.24. The third-order valence-corrected chi connectivity index (χ3v) is 7.24. The largest absolute Gasteiger partial charge is 0.459 e. The lowest BCUT2D eigenvalue weighted by molar-refractivity contribution is -0.143. The summed E-state index contributed by atoms with van der Waals surface area (Å²) in [5.41, 5.74) is 1.21. The highest BCUT2D eigenvalue weighted by atomic mass is 35.5. The summed E-state index contributed by atoms with van der Waals surface area (Å²) in [4.78, 5) is 32.3. The molecule has 1 aliphatic rings. The summed E-state index contributed by atoms with van der Waals surface area (Å²) in [6, 6.07) is 8.37. The standard InChI is InChI=1S/C22H18Cl2N2O3S2/c1-11(2)29-21(28)18-12(3)25-22-26(19(18)16-8-5-9-30-16)20(27)17(31-22)10-13-14(23)6-4-7-15(13)24/h4-11,19H,1-3H3. The Kier molecular flexibility index (Phi) is 6.21. The van der Waals surface area contributed by atoms with Crippen LogP contribution < -0.4 is 14.9 Å². The van der Waals surface area contributed by atoms with E-state index in [9.17, 15) is 9.59 Å². The highest BCUT2D eigenvalue weighted by molar-refractivity contribution is 7.10. The van der Waals surface area contributed by atoms with E-state index in [0.29, 0.717) is 36.2 Å². The van der Waals surface area contributed by atoms with Crippen molar-refractivity contribution in [1.29, 1.82) is 0 Å². The molecule has 160 valence electrons. The summed E-state index contributed by atoms with van der Waals surface area (Å²) in [7, 11) is 0. The van der Waals surface area contributed by atoms with Gasteiger partial charge < -0.3 is 4.74 Å². The Hall–Kier alpha value is -2.19. The van der Waals surface area contributed by atoms with Crippen molar-refractivity contribution in [2.24, 2.45) is 4.99 Å². The van der Waals surface area contributed by atoms with Crippen LogP contribution in [0.1, 0.15) is 37.3 Å². The molecule has 1 aromatic carbocycles. The van der Waals surface area contributed by atoms with Crippen LogP contribution in [0.4, 0.5) is 0 Å². The number of aromatic nitrogens is 1. The number of carbonyl (C=O) groups excluding carboxylic acids is 1. The molecular weight excluding hydrogens is 475 g/mol. The van der Waals surface area contributed by atoms with Crippen LogP contribution in [-0.4, -0.2) is 16.6 Å². The minimum absolute atomic E-state index is 0.263.